The first-order chi connectivity index (χ1) is 17.1. The molecule has 35 heavy (non-hydrogen) atoms. The van der Waals surface area contributed by atoms with Crippen LogP contribution in [0.5, 0.6) is 5.75 Å². The predicted octanol–water partition coefficient (Wildman–Crippen LogP) is 7.29. The molecule has 2 nitrogen and oxygen atoms in total. The summed E-state index contributed by atoms with van der Waals surface area (Å²) in [7, 11) is -3.48. The van der Waals surface area contributed by atoms with E-state index in [-0.39, 0.29) is 5.75 Å². The number of unbranched alkanes of at least 4 members (excludes halogenated alkanes) is 8. The third-order valence-corrected chi connectivity index (χ3v) is 9.42. The van der Waals surface area contributed by atoms with Crippen LogP contribution in [-0.2, 0) is 4.43 Å². The van der Waals surface area contributed by atoms with Crippen molar-refractivity contribution in [3.05, 3.63) is 90.2 Å². The first kappa shape index (κ1) is 27.0. The molecule has 0 atom stereocenters. The van der Waals surface area contributed by atoms with Crippen LogP contribution in [0, 0.1) is 17.5 Å². The molecule has 0 saturated heterocycles. The molecule has 0 heterocycles. The topological polar surface area (TPSA) is 18.5 Å². The number of rotatable bonds is 15. The fourth-order valence-corrected chi connectivity index (χ4v) is 7.29. The minimum Gasteiger partial charge on any atom is -0.511 e. The molecule has 0 spiro atoms. The lowest BCUT2D eigenvalue weighted by Crippen LogP contribution is -2.66. The summed E-state index contributed by atoms with van der Waals surface area (Å²) >= 11 is 0. The van der Waals surface area contributed by atoms with Crippen LogP contribution in [-0.4, -0.2) is 15.2 Å². The Morgan fingerprint density at radius 3 is 1.66 bits per heavy atom. The first-order valence-corrected chi connectivity index (χ1v) is 14.5. The second-order valence-corrected chi connectivity index (χ2v) is 11.7. The van der Waals surface area contributed by atoms with Crippen molar-refractivity contribution in [2.24, 2.45) is 0 Å². The smallest absolute Gasteiger partial charge is 0.468 e. The molecule has 3 aromatic rings. The Kier molecular flexibility index (Phi) is 10.9. The summed E-state index contributed by atoms with van der Waals surface area (Å²) in [5.74, 6) is -4.50. The van der Waals surface area contributed by atoms with E-state index in [1.54, 1.807) is 0 Å². The van der Waals surface area contributed by atoms with Crippen LogP contribution in [0.25, 0.3) is 0 Å². The van der Waals surface area contributed by atoms with E-state index in [1.165, 1.54) is 38.5 Å². The molecule has 0 aromatic heterocycles. The zero-order valence-corrected chi connectivity index (χ0v) is 21.4. The van der Waals surface area contributed by atoms with Crippen molar-refractivity contribution in [3.8, 4) is 5.75 Å². The quantitative estimate of drug-likeness (QED) is 0.124. The van der Waals surface area contributed by atoms with Gasteiger partial charge in [-0.05, 0) is 18.6 Å². The summed E-state index contributed by atoms with van der Waals surface area (Å²) in [5, 5.41) is 1.54. The zero-order chi connectivity index (χ0) is 24.9. The van der Waals surface area contributed by atoms with Gasteiger partial charge in [0.15, 0.2) is 11.6 Å². The van der Waals surface area contributed by atoms with Gasteiger partial charge < -0.3 is 8.85 Å². The summed E-state index contributed by atoms with van der Waals surface area (Å²) in [5.41, 5.74) is 0. The highest BCUT2D eigenvalue weighted by Crippen LogP contribution is 2.25. The SMILES string of the molecule is CCCCCCCCCCCO[Si](Oc1ccc(F)c(F)c1F)(c1ccccc1)c1ccccc1. The van der Waals surface area contributed by atoms with Gasteiger partial charge in [-0.3, -0.25) is 0 Å². The number of benzene rings is 3. The van der Waals surface area contributed by atoms with Crippen molar-refractivity contribution in [3.63, 3.8) is 0 Å². The molecule has 6 heteroatoms. The highest BCUT2D eigenvalue weighted by atomic mass is 28.4. The Morgan fingerprint density at radius 1 is 0.600 bits per heavy atom. The molecule has 0 saturated carbocycles. The first-order valence-electron chi connectivity index (χ1n) is 12.7. The Balaban J connectivity index is 1.78. The molecule has 0 aliphatic carbocycles. The van der Waals surface area contributed by atoms with Crippen molar-refractivity contribution >= 4 is 18.9 Å². The molecule has 0 N–H and O–H groups in total. The summed E-state index contributed by atoms with van der Waals surface area (Å²) < 4.78 is 55.1. The molecular formula is C29H35F3O2Si. The van der Waals surface area contributed by atoms with Gasteiger partial charge in [-0.2, -0.15) is 4.39 Å². The molecule has 0 amide bonds. The minimum absolute atomic E-state index is 0.352. The highest BCUT2D eigenvalue weighted by molar-refractivity contribution is 6.93. The standard InChI is InChI=1S/C29H35F3O2Si/c1-2-3-4-5-6-7-8-9-16-23-33-35(24-17-12-10-13-18-24,25-19-14-11-15-20-25)34-27-22-21-26(30)28(31)29(27)32/h10-15,17-22H,2-9,16,23H2,1H3. The van der Waals surface area contributed by atoms with E-state index in [0.717, 1.165) is 41.8 Å². The number of hydrogen-bond donors (Lipinski definition) is 0. The van der Waals surface area contributed by atoms with Crippen molar-refractivity contribution in [1.29, 1.82) is 0 Å². The van der Waals surface area contributed by atoms with E-state index >= 15 is 0 Å². The molecule has 188 valence electrons. The average Bonchev–Trinajstić information content (AvgIpc) is 2.90. The van der Waals surface area contributed by atoms with Crippen LogP contribution in [0.3, 0.4) is 0 Å². The molecule has 3 aromatic carbocycles. The van der Waals surface area contributed by atoms with Crippen LogP contribution in [0.1, 0.15) is 64.7 Å². The lowest BCUT2D eigenvalue weighted by atomic mass is 10.1. The molecule has 3 rings (SSSR count). The second-order valence-electron chi connectivity index (χ2n) is 8.80. The van der Waals surface area contributed by atoms with Gasteiger partial charge in [0, 0.05) is 17.0 Å². The molecule has 0 aliphatic rings. The van der Waals surface area contributed by atoms with Crippen LogP contribution < -0.4 is 14.8 Å². The average molecular weight is 501 g/mol. The fraction of sp³-hybridized carbons (Fsp3) is 0.379. The molecule has 0 aliphatic heterocycles. The van der Waals surface area contributed by atoms with Gasteiger partial charge in [-0.15, -0.1) is 0 Å². The van der Waals surface area contributed by atoms with Crippen molar-refractivity contribution in [2.75, 3.05) is 6.61 Å². The van der Waals surface area contributed by atoms with Gasteiger partial charge in [0.1, 0.15) is 5.75 Å². The van der Waals surface area contributed by atoms with Gasteiger partial charge in [-0.25, -0.2) is 8.78 Å². The maximum Gasteiger partial charge on any atom is 0.468 e. The maximum atomic E-state index is 14.7. The third-order valence-electron chi connectivity index (χ3n) is 6.11. The van der Waals surface area contributed by atoms with Crippen LogP contribution in [0.15, 0.2) is 72.8 Å². The summed E-state index contributed by atoms with van der Waals surface area (Å²) in [6.45, 7) is 2.65. The van der Waals surface area contributed by atoms with Crippen LogP contribution in [0.4, 0.5) is 13.2 Å². The summed E-state index contributed by atoms with van der Waals surface area (Å²) in [4.78, 5) is 0. The van der Waals surface area contributed by atoms with E-state index in [9.17, 15) is 13.2 Å². The summed E-state index contributed by atoms with van der Waals surface area (Å²) in [6.07, 6.45) is 10.6. The van der Waals surface area contributed by atoms with Gasteiger partial charge in [0.2, 0.25) is 5.82 Å². The number of halogens is 3. The van der Waals surface area contributed by atoms with E-state index in [4.69, 9.17) is 8.85 Å². The summed E-state index contributed by atoms with van der Waals surface area (Å²) in [6, 6.07) is 20.8. The van der Waals surface area contributed by atoms with Gasteiger partial charge in [-0.1, -0.05) is 119 Å². The van der Waals surface area contributed by atoms with Crippen molar-refractivity contribution < 1.29 is 22.0 Å². The van der Waals surface area contributed by atoms with Gasteiger partial charge in [0.05, 0.1) is 0 Å². The molecule has 0 radical (unpaired) electrons. The third kappa shape index (κ3) is 7.45. The Morgan fingerprint density at radius 2 is 1.11 bits per heavy atom. The van der Waals surface area contributed by atoms with Crippen LogP contribution >= 0.6 is 0 Å². The maximum absolute atomic E-state index is 14.7. The molecular weight excluding hydrogens is 465 g/mol. The van der Waals surface area contributed by atoms with Gasteiger partial charge >= 0.3 is 8.56 Å². The van der Waals surface area contributed by atoms with E-state index < -0.39 is 26.0 Å². The Bertz CT molecular complexity index is 976. The lowest BCUT2D eigenvalue weighted by molar-refractivity contribution is 0.248. The Labute approximate surface area is 208 Å². The monoisotopic (exact) mass is 500 g/mol. The van der Waals surface area contributed by atoms with Crippen LogP contribution in [0.2, 0.25) is 0 Å². The van der Waals surface area contributed by atoms with Crippen molar-refractivity contribution in [2.45, 2.75) is 64.7 Å². The lowest BCUT2D eigenvalue weighted by Gasteiger charge is -2.32. The zero-order valence-electron chi connectivity index (χ0n) is 20.4. The van der Waals surface area contributed by atoms with E-state index in [2.05, 4.69) is 6.92 Å². The molecule has 0 bridgehead atoms. The van der Waals surface area contributed by atoms with Gasteiger partial charge in [0.25, 0.3) is 0 Å². The van der Waals surface area contributed by atoms with E-state index in [1.807, 2.05) is 60.7 Å². The minimum atomic E-state index is -3.48. The predicted molar refractivity (Wildman–Crippen MR) is 138 cm³/mol. The largest absolute Gasteiger partial charge is 0.511 e. The normalized spacial score (nSPS) is 11.5. The molecule has 0 unspecified atom stereocenters. The highest BCUT2D eigenvalue weighted by Gasteiger charge is 2.45. The Hall–Kier alpha value is -2.57. The molecule has 0 fully saturated rings. The number of hydrogen-bond acceptors (Lipinski definition) is 2. The fourth-order valence-electron chi connectivity index (χ4n) is 4.17. The van der Waals surface area contributed by atoms with E-state index in [0.29, 0.717) is 6.61 Å². The second kappa shape index (κ2) is 14.1. The van der Waals surface area contributed by atoms with Crippen molar-refractivity contribution in [1.82, 2.24) is 0 Å².